The van der Waals surface area contributed by atoms with Gasteiger partial charge in [-0.1, -0.05) is 0 Å². The molecule has 26 heavy (non-hydrogen) atoms. The van der Waals surface area contributed by atoms with Crippen molar-refractivity contribution in [3.8, 4) is 0 Å². The number of amides is 1. The van der Waals surface area contributed by atoms with Crippen molar-refractivity contribution in [1.29, 1.82) is 0 Å². The monoisotopic (exact) mass is 363 g/mol. The van der Waals surface area contributed by atoms with Crippen molar-refractivity contribution < 1.29 is 14.3 Å². The average Bonchev–Trinajstić information content (AvgIpc) is 3.14. The molecule has 2 atom stereocenters. The molecule has 0 radical (unpaired) electrons. The largest absolute Gasteiger partial charge is 0.466 e. The average molecular weight is 363 g/mol. The Morgan fingerprint density at radius 2 is 2.15 bits per heavy atom. The molecule has 2 aliphatic rings. The van der Waals surface area contributed by atoms with Crippen LogP contribution in [0.1, 0.15) is 44.2 Å². The number of hydrogen-bond donors (Lipinski definition) is 0. The molecular weight excluding hydrogens is 334 g/mol. The van der Waals surface area contributed by atoms with E-state index in [9.17, 15) is 9.59 Å². The molecule has 1 aromatic rings. The molecule has 0 aromatic carbocycles. The van der Waals surface area contributed by atoms with Gasteiger partial charge in [0.15, 0.2) is 0 Å². The van der Waals surface area contributed by atoms with Gasteiger partial charge >= 0.3 is 5.97 Å². The van der Waals surface area contributed by atoms with Crippen molar-refractivity contribution in [2.45, 2.75) is 39.7 Å². The van der Waals surface area contributed by atoms with Crippen LogP contribution in [0.5, 0.6) is 0 Å². The van der Waals surface area contributed by atoms with E-state index in [4.69, 9.17) is 4.74 Å². The maximum atomic E-state index is 12.9. The van der Waals surface area contributed by atoms with Crippen LogP contribution in [-0.2, 0) is 16.6 Å². The Bertz CT molecular complexity index is 674. The third kappa shape index (κ3) is 3.34. The zero-order chi connectivity index (χ0) is 18.9. The summed E-state index contributed by atoms with van der Waals surface area (Å²) in [6, 6.07) is 0.356. The minimum Gasteiger partial charge on any atom is -0.466 e. The van der Waals surface area contributed by atoms with Gasteiger partial charge in [-0.05, 0) is 33.6 Å². The number of likely N-dealkylation sites (tertiary alicyclic amines) is 2. The Morgan fingerprint density at radius 1 is 1.38 bits per heavy atom. The number of hydrogen-bond acceptors (Lipinski definition) is 6. The van der Waals surface area contributed by atoms with Crippen LogP contribution in [0.2, 0.25) is 0 Å². The summed E-state index contributed by atoms with van der Waals surface area (Å²) >= 11 is 0. The van der Waals surface area contributed by atoms with Gasteiger partial charge in [-0.15, -0.1) is 5.10 Å². The number of nitrogens with zero attached hydrogens (tertiary/aromatic N) is 5. The summed E-state index contributed by atoms with van der Waals surface area (Å²) in [5.74, 6) is 0.0145. The zero-order valence-electron chi connectivity index (χ0n) is 16.1. The molecule has 3 rings (SSSR count). The third-order valence-electron chi connectivity index (χ3n) is 5.70. The molecule has 2 saturated heterocycles. The van der Waals surface area contributed by atoms with Gasteiger partial charge < -0.3 is 9.64 Å². The van der Waals surface area contributed by atoms with E-state index < -0.39 is 5.41 Å². The number of aryl methyl sites for hydroxylation is 1. The molecular formula is C18H29N5O3. The molecule has 1 aromatic heterocycles. The van der Waals surface area contributed by atoms with Crippen molar-refractivity contribution in [1.82, 2.24) is 24.6 Å². The van der Waals surface area contributed by atoms with Crippen molar-refractivity contribution in [3.63, 3.8) is 0 Å². The second-order valence-corrected chi connectivity index (χ2v) is 7.69. The van der Waals surface area contributed by atoms with Crippen molar-refractivity contribution in [2.24, 2.45) is 18.4 Å². The van der Waals surface area contributed by atoms with Crippen LogP contribution in [0, 0.1) is 11.3 Å². The maximum Gasteiger partial charge on any atom is 0.313 e. The smallest absolute Gasteiger partial charge is 0.313 e. The SMILES string of the molecule is CCOC(=O)[C@@]12CCCN(C(=O)c3ncn(C)n3)C[C@H]1CN(C(C)C)C2. The highest BCUT2D eigenvalue weighted by atomic mass is 16.5. The van der Waals surface area contributed by atoms with E-state index in [1.54, 1.807) is 7.05 Å². The number of carbonyl (C=O) groups is 2. The molecule has 1 amide bonds. The predicted octanol–water partition coefficient (Wildman–Crippen LogP) is 0.941. The van der Waals surface area contributed by atoms with E-state index in [0.29, 0.717) is 32.3 Å². The lowest BCUT2D eigenvalue weighted by Crippen LogP contribution is -2.43. The topological polar surface area (TPSA) is 80.6 Å². The summed E-state index contributed by atoms with van der Waals surface area (Å²) in [5, 5.41) is 4.14. The molecule has 0 unspecified atom stereocenters. The summed E-state index contributed by atoms with van der Waals surface area (Å²) in [6.07, 6.45) is 3.06. The van der Waals surface area contributed by atoms with E-state index in [2.05, 4.69) is 28.8 Å². The fraction of sp³-hybridized carbons (Fsp3) is 0.778. The highest BCUT2D eigenvalue weighted by Crippen LogP contribution is 2.44. The number of fused-ring (bicyclic) bond motifs is 1. The summed E-state index contributed by atoms with van der Waals surface area (Å²) < 4.78 is 6.99. The minimum absolute atomic E-state index is 0.0686. The van der Waals surface area contributed by atoms with E-state index in [0.717, 1.165) is 19.4 Å². The molecule has 144 valence electrons. The molecule has 0 bridgehead atoms. The molecule has 3 heterocycles. The van der Waals surface area contributed by atoms with Crippen molar-refractivity contribution in [3.05, 3.63) is 12.2 Å². The van der Waals surface area contributed by atoms with Crippen molar-refractivity contribution >= 4 is 11.9 Å². The number of carbonyl (C=O) groups excluding carboxylic acids is 2. The Morgan fingerprint density at radius 3 is 2.77 bits per heavy atom. The van der Waals surface area contributed by atoms with Crippen LogP contribution in [0.3, 0.4) is 0 Å². The van der Waals surface area contributed by atoms with Gasteiger partial charge in [-0.25, -0.2) is 4.98 Å². The molecule has 2 fully saturated rings. The van der Waals surface area contributed by atoms with Gasteiger partial charge in [-0.2, -0.15) is 0 Å². The highest BCUT2D eigenvalue weighted by Gasteiger charge is 2.54. The number of ether oxygens (including phenoxy) is 1. The molecule has 8 nitrogen and oxygen atoms in total. The zero-order valence-corrected chi connectivity index (χ0v) is 16.1. The van der Waals surface area contributed by atoms with Crippen LogP contribution in [-0.4, -0.2) is 75.3 Å². The molecule has 0 N–H and O–H groups in total. The van der Waals surface area contributed by atoms with Gasteiger partial charge in [0.25, 0.3) is 5.91 Å². The quantitative estimate of drug-likeness (QED) is 0.741. The summed E-state index contributed by atoms with van der Waals surface area (Å²) in [7, 11) is 1.75. The van der Waals surface area contributed by atoms with Gasteiger partial charge in [0.2, 0.25) is 5.82 Å². The van der Waals surface area contributed by atoms with Crippen LogP contribution in [0.4, 0.5) is 0 Å². The standard InChI is InChI=1S/C18H29N5O3/c1-5-26-17(25)18-7-6-8-22(16(24)15-19-12-21(4)20-15)9-14(18)10-23(11-18)13(2)3/h12-14H,5-11H2,1-4H3/t14-,18+/m0/s1. The van der Waals surface area contributed by atoms with Crippen LogP contribution >= 0.6 is 0 Å². The number of aromatic nitrogens is 3. The summed E-state index contributed by atoms with van der Waals surface area (Å²) in [4.78, 5) is 33.9. The lowest BCUT2D eigenvalue weighted by molar-refractivity contribution is -0.157. The first-order valence-corrected chi connectivity index (χ1v) is 9.43. The number of rotatable bonds is 4. The Kier molecular flexibility index (Phi) is 5.32. The Hall–Kier alpha value is -1.96. The normalized spacial score (nSPS) is 26.7. The summed E-state index contributed by atoms with van der Waals surface area (Å²) in [5.41, 5.74) is -0.521. The lowest BCUT2D eigenvalue weighted by atomic mass is 9.75. The fourth-order valence-electron chi connectivity index (χ4n) is 4.24. The molecule has 0 spiro atoms. The first-order chi connectivity index (χ1) is 12.4. The van der Waals surface area contributed by atoms with E-state index in [1.807, 2.05) is 11.8 Å². The second kappa shape index (κ2) is 7.34. The maximum absolute atomic E-state index is 12.9. The number of esters is 1. The molecule has 2 aliphatic heterocycles. The van der Waals surface area contributed by atoms with Gasteiger partial charge in [0, 0.05) is 45.2 Å². The van der Waals surface area contributed by atoms with Gasteiger partial charge in [0.05, 0.1) is 12.0 Å². The fourth-order valence-corrected chi connectivity index (χ4v) is 4.24. The van der Waals surface area contributed by atoms with Crippen LogP contribution in [0.25, 0.3) is 0 Å². The van der Waals surface area contributed by atoms with Crippen LogP contribution in [0.15, 0.2) is 6.33 Å². The first-order valence-electron chi connectivity index (χ1n) is 9.43. The molecule has 0 saturated carbocycles. The van der Waals surface area contributed by atoms with E-state index in [-0.39, 0.29) is 23.6 Å². The second-order valence-electron chi connectivity index (χ2n) is 7.69. The molecule has 0 aliphatic carbocycles. The van der Waals surface area contributed by atoms with E-state index in [1.165, 1.54) is 11.0 Å². The highest BCUT2D eigenvalue weighted by molar-refractivity contribution is 5.90. The lowest BCUT2D eigenvalue weighted by Gasteiger charge is -2.31. The first kappa shape index (κ1) is 18.8. The third-order valence-corrected chi connectivity index (χ3v) is 5.70. The minimum atomic E-state index is -0.521. The van der Waals surface area contributed by atoms with Crippen molar-refractivity contribution in [2.75, 3.05) is 32.8 Å². The van der Waals surface area contributed by atoms with E-state index >= 15 is 0 Å². The van der Waals surface area contributed by atoms with Crippen LogP contribution < -0.4 is 0 Å². The molecule has 8 heteroatoms. The van der Waals surface area contributed by atoms with Gasteiger partial charge in [0.1, 0.15) is 6.33 Å². The predicted molar refractivity (Wildman–Crippen MR) is 95.4 cm³/mol. The summed E-state index contributed by atoms with van der Waals surface area (Å²) in [6.45, 7) is 9.19. The Balaban J connectivity index is 1.85. The Labute approximate surface area is 154 Å². The van der Waals surface area contributed by atoms with Gasteiger partial charge in [-0.3, -0.25) is 19.2 Å².